The first-order valence-electron chi connectivity index (χ1n) is 9.96. The third kappa shape index (κ3) is 5.27. The van der Waals surface area contributed by atoms with Crippen molar-refractivity contribution in [3.05, 3.63) is 35.6 Å². The Bertz CT molecular complexity index is 581. The van der Waals surface area contributed by atoms with Gasteiger partial charge in [0.25, 0.3) is 5.91 Å². The van der Waals surface area contributed by atoms with Gasteiger partial charge in [-0.05, 0) is 69.2 Å². The second-order valence-electron chi connectivity index (χ2n) is 7.70. The summed E-state index contributed by atoms with van der Waals surface area (Å²) in [6.45, 7) is 4.49. The minimum absolute atomic E-state index is 0.104. The number of ether oxygens (including phenoxy) is 1. The van der Waals surface area contributed by atoms with Crippen LogP contribution in [-0.4, -0.2) is 61.6 Å². The molecule has 0 unspecified atom stereocenters. The second-order valence-corrected chi connectivity index (χ2v) is 7.70. The molecule has 0 spiro atoms. The number of rotatable bonds is 6. The predicted octanol–water partition coefficient (Wildman–Crippen LogP) is 3.11. The summed E-state index contributed by atoms with van der Waals surface area (Å²) in [6.07, 6.45) is 5.74. The van der Waals surface area contributed by atoms with E-state index in [0.29, 0.717) is 12.5 Å². The van der Waals surface area contributed by atoms with E-state index in [1.165, 1.54) is 6.07 Å². The third-order valence-electron chi connectivity index (χ3n) is 5.73. The molecule has 2 fully saturated rings. The standard InChI is InChI=1S/C21H31FN2O2/c1-23(21(25)20-8-4-5-15-26-20)16-17-9-12-24(13-10-17)14-11-18-6-2-3-7-19(18)22/h2-3,6-7,17,20H,4-5,8-16H2,1H3/t20-/m1/s1. The van der Waals surface area contributed by atoms with Crippen LogP contribution in [0.3, 0.4) is 0 Å². The van der Waals surface area contributed by atoms with E-state index in [1.807, 2.05) is 24.1 Å². The normalized spacial score (nSPS) is 22.3. The van der Waals surface area contributed by atoms with Gasteiger partial charge in [-0.3, -0.25) is 4.79 Å². The molecule has 2 heterocycles. The maximum absolute atomic E-state index is 13.7. The van der Waals surface area contributed by atoms with E-state index in [9.17, 15) is 9.18 Å². The highest BCUT2D eigenvalue weighted by molar-refractivity contribution is 5.80. The number of nitrogens with zero attached hydrogens (tertiary/aromatic N) is 2. The summed E-state index contributed by atoms with van der Waals surface area (Å²) in [4.78, 5) is 16.8. The second kappa shape index (κ2) is 9.47. The number of carbonyl (C=O) groups excluding carboxylic acids is 1. The molecule has 144 valence electrons. The van der Waals surface area contributed by atoms with Crippen molar-refractivity contribution in [2.45, 2.75) is 44.6 Å². The first kappa shape index (κ1) is 19.3. The van der Waals surface area contributed by atoms with Crippen molar-refractivity contribution in [2.24, 2.45) is 5.92 Å². The first-order chi connectivity index (χ1) is 12.6. The van der Waals surface area contributed by atoms with Crippen molar-refractivity contribution in [3.63, 3.8) is 0 Å². The quantitative estimate of drug-likeness (QED) is 0.780. The largest absolute Gasteiger partial charge is 0.368 e. The van der Waals surface area contributed by atoms with E-state index in [1.54, 1.807) is 6.07 Å². The fourth-order valence-electron chi connectivity index (χ4n) is 4.03. The van der Waals surface area contributed by atoms with Gasteiger partial charge >= 0.3 is 0 Å². The van der Waals surface area contributed by atoms with Crippen LogP contribution >= 0.6 is 0 Å². The highest BCUT2D eigenvalue weighted by atomic mass is 19.1. The van der Waals surface area contributed by atoms with Crippen LogP contribution in [0.25, 0.3) is 0 Å². The van der Waals surface area contributed by atoms with Gasteiger partial charge in [0.15, 0.2) is 0 Å². The fraction of sp³-hybridized carbons (Fsp3) is 0.667. The highest BCUT2D eigenvalue weighted by Gasteiger charge is 2.27. The summed E-state index contributed by atoms with van der Waals surface area (Å²) < 4.78 is 19.3. The lowest BCUT2D eigenvalue weighted by atomic mass is 9.95. The van der Waals surface area contributed by atoms with E-state index >= 15 is 0 Å². The molecule has 3 rings (SSSR count). The van der Waals surface area contributed by atoms with Gasteiger partial charge in [0.2, 0.25) is 0 Å². The summed E-state index contributed by atoms with van der Waals surface area (Å²) in [7, 11) is 1.91. The van der Waals surface area contributed by atoms with E-state index in [4.69, 9.17) is 4.74 Å². The molecule has 0 saturated carbocycles. The molecule has 5 heteroatoms. The van der Waals surface area contributed by atoms with Crippen LogP contribution in [0.2, 0.25) is 0 Å². The van der Waals surface area contributed by atoms with Crippen LogP contribution in [0, 0.1) is 11.7 Å². The number of halogens is 1. The van der Waals surface area contributed by atoms with Gasteiger partial charge in [-0.15, -0.1) is 0 Å². The number of likely N-dealkylation sites (N-methyl/N-ethyl adjacent to an activating group) is 1. The van der Waals surface area contributed by atoms with Crippen molar-refractivity contribution < 1.29 is 13.9 Å². The van der Waals surface area contributed by atoms with Gasteiger partial charge in [0.05, 0.1) is 0 Å². The molecule has 26 heavy (non-hydrogen) atoms. The molecule has 1 aromatic rings. The molecule has 0 bridgehead atoms. The lowest BCUT2D eigenvalue weighted by Gasteiger charge is -2.35. The summed E-state index contributed by atoms with van der Waals surface area (Å²) in [6, 6.07) is 7.04. The van der Waals surface area contributed by atoms with E-state index in [-0.39, 0.29) is 17.8 Å². The van der Waals surface area contributed by atoms with Crippen molar-refractivity contribution >= 4 is 5.91 Å². The maximum Gasteiger partial charge on any atom is 0.251 e. The number of likely N-dealkylation sites (tertiary alicyclic amines) is 1. The zero-order valence-corrected chi connectivity index (χ0v) is 15.8. The predicted molar refractivity (Wildman–Crippen MR) is 100 cm³/mol. The Morgan fingerprint density at radius 2 is 2.00 bits per heavy atom. The third-order valence-corrected chi connectivity index (χ3v) is 5.73. The van der Waals surface area contributed by atoms with Gasteiger partial charge in [-0.1, -0.05) is 18.2 Å². The Kier molecular flexibility index (Phi) is 7.03. The first-order valence-corrected chi connectivity index (χ1v) is 9.96. The molecule has 4 nitrogen and oxygen atoms in total. The Morgan fingerprint density at radius 1 is 1.23 bits per heavy atom. The smallest absolute Gasteiger partial charge is 0.251 e. The van der Waals surface area contributed by atoms with Crippen LogP contribution in [0.15, 0.2) is 24.3 Å². The topological polar surface area (TPSA) is 32.8 Å². The lowest BCUT2D eigenvalue weighted by Crippen LogP contribution is -2.44. The van der Waals surface area contributed by atoms with Crippen molar-refractivity contribution in [3.8, 4) is 0 Å². The maximum atomic E-state index is 13.7. The minimum Gasteiger partial charge on any atom is -0.368 e. The monoisotopic (exact) mass is 362 g/mol. The SMILES string of the molecule is CN(CC1CCN(CCc2ccccc2F)CC1)C(=O)[C@H]1CCCCO1. The molecule has 0 aliphatic carbocycles. The molecular weight excluding hydrogens is 331 g/mol. The lowest BCUT2D eigenvalue weighted by molar-refractivity contribution is -0.145. The van der Waals surface area contributed by atoms with Gasteiger partial charge in [0.1, 0.15) is 11.9 Å². The van der Waals surface area contributed by atoms with Gasteiger partial charge in [-0.25, -0.2) is 4.39 Å². The average molecular weight is 362 g/mol. The molecule has 1 atom stereocenters. The number of hydrogen-bond donors (Lipinski definition) is 0. The van der Waals surface area contributed by atoms with Crippen molar-refractivity contribution in [2.75, 3.05) is 39.8 Å². The number of carbonyl (C=O) groups is 1. The fourth-order valence-corrected chi connectivity index (χ4v) is 4.03. The number of piperidine rings is 1. The average Bonchev–Trinajstić information content (AvgIpc) is 2.68. The molecular formula is C21H31FN2O2. The summed E-state index contributed by atoms with van der Waals surface area (Å²) in [5.41, 5.74) is 0.799. The van der Waals surface area contributed by atoms with Crippen LogP contribution in [-0.2, 0) is 16.0 Å². The Balaban J connectivity index is 1.38. The van der Waals surface area contributed by atoms with E-state index < -0.39 is 0 Å². The Hall–Kier alpha value is -1.46. The number of benzene rings is 1. The van der Waals surface area contributed by atoms with Crippen molar-refractivity contribution in [1.82, 2.24) is 9.80 Å². The molecule has 1 amide bonds. The van der Waals surface area contributed by atoms with Gasteiger partial charge in [-0.2, -0.15) is 0 Å². The van der Waals surface area contributed by atoms with Crippen LogP contribution in [0.1, 0.15) is 37.7 Å². The van der Waals surface area contributed by atoms with Gasteiger partial charge in [0, 0.05) is 26.7 Å². The Morgan fingerprint density at radius 3 is 2.69 bits per heavy atom. The minimum atomic E-state index is -0.227. The summed E-state index contributed by atoms with van der Waals surface area (Å²) in [5.74, 6) is 0.594. The molecule has 2 aliphatic heterocycles. The molecule has 0 N–H and O–H groups in total. The zero-order chi connectivity index (χ0) is 18.4. The van der Waals surface area contributed by atoms with Crippen molar-refractivity contribution in [1.29, 1.82) is 0 Å². The van der Waals surface area contributed by atoms with Crippen LogP contribution < -0.4 is 0 Å². The van der Waals surface area contributed by atoms with Crippen LogP contribution in [0.4, 0.5) is 4.39 Å². The Labute approximate surface area is 156 Å². The summed E-state index contributed by atoms with van der Waals surface area (Å²) in [5, 5.41) is 0. The molecule has 0 radical (unpaired) electrons. The summed E-state index contributed by atoms with van der Waals surface area (Å²) >= 11 is 0. The number of hydrogen-bond acceptors (Lipinski definition) is 3. The number of amides is 1. The van der Waals surface area contributed by atoms with E-state index in [2.05, 4.69) is 4.90 Å². The molecule has 2 aliphatic rings. The van der Waals surface area contributed by atoms with E-state index in [0.717, 1.165) is 70.3 Å². The highest BCUT2D eigenvalue weighted by Crippen LogP contribution is 2.21. The molecule has 0 aromatic heterocycles. The van der Waals surface area contributed by atoms with Gasteiger partial charge < -0.3 is 14.5 Å². The zero-order valence-electron chi connectivity index (χ0n) is 15.8. The molecule has 1 aromatic carbocycles. The van der Waals surface area contributed by atoms with Crippen LogP contribution in [0.5, 0.6) is 0 Å². The molecule has 2 saturated heterocycles.